The summed E-state index contributed by atoms with van der Waals surface area (Å²) in [4.78, 5) is 1.92. The fourth-order valence-corrected chi connectivity index (χ4v) is 2.04. The van der Waals surface area contributed by atoms with Crippen molar-refractivity contribution in [3.63, 3.8) is 0 Å². The maximum Gasteiger partial charge on any atom is 0.172 e. The Labute approximate surface area is 116 Å². The molecule has 0 amide bonds. The Morgan fingerprint density at radius 3 is 2.60 bits per heavy atom. The van der Waals surface area contributed by atoms with E-state index in [0.29, 0.717) is 17.8 Å². The summed E-state index contributed by atoms with van der Waals surface area (Å²) < 4.78 is 13.3. The van der Waals surface area contributed by atoms with Gasteiger partial charge in [0.05, 0.1) is 0 Å². The van der Waals surface area contributed by atoms with E-state index in [-0.39, 0.29) is 5.84 Å². The van der Waals surface area contributed by atoms with Crippen LogP contribution in [0.2, 0.25) is 0 Å². The minimum atomic E-state index is -0.427. The second-order valence-corrected chi connectivity index (χ2v) is 4.49. The normalized spacial score (nSPS) is 11.4. The van der Waals surface area contributed by atoms with Crippen LogP contribution in [0.4, 0.5) is 10.1 Å². The van der Waals surface area contributed by atoms with E-state index in [1.54, 1.807) is 6.07 Å². The maximum absolute atomic E-state index is 13.3. The van der Waals surface area contributed by atoms with Gasteiger partial charge in [0, 0.05) is 24.8 Å². The summed E-state index contributed by atoms with van der Waals surface area (Å²) >= 11 is 0. The lowest BCUT2D eigenvalue weighted by atomic mass is 10.1. The SMILES string of the molecule is CN(Cc1ccccc1)c1ccc(F)cc1C(N)=NO. The van der Waals surface area contributed by atoms with Gasteiger partial charge in [-0.25, -0.2) is 4.39 Å². The number of hydrogen-bond donors (Lipinski definition) is 2. The molecule has 4 nitrogen and oxygen atoms in total. The van der Waals surface area contributed by atoms with Gasteiger partial charge >= 0.3 is 0 Å². The number of halogens is 1. The molecule has 0 radical (unpaired) electrons. The number of nitrogens with zero attached hydrogens (tertiary/aromatic N) is 2. The minimum Gasteiger partial charge on any atom is -0.409 e. The second kappa shape index (κ2) is 6.06. The Morgan fingerprint density at radius 2 is 1.95 bits per heavy atom. The van der Waals surface area contributed by atoms with Gasteiger partial charge in [0.25, 0.3) is 0 Å². The van der Waals surface area contributed by atoms with Gasteiger partial charge in [-0.2, -0.15) is 0 Å². The molecule has 0 saturated heterocycles. The molecule has 104 valence electrons. The predicted molar refractivity (Wildman–Crippen MR) is 77.5 cm³/mol. The van der Waals surface area contributed by atoms with Crippen molar-refractivity contribution in [1.29, 1.82) is 0 Å². The van der Waals surface area contributed by atoms with Gasteiger partial charge in [0.1, 0.15) is 5.82 Å². The first-order valence-electron chi connectivity index (χ1n) is 6.14. The lowest BCUT2D eigenvalue weighted by Crippen LogP contribution is -2.22. The molecule has 5 heteroatoms. The number of benzene rings is 2. The van der Waals surface area contributed by atoms with E-state index in [4.69, 9.17) is 10.9 Å². The van der Waals surface area contributed by atoms with Crippen molar-refractivity contribution >= 4 is 11.5 Å². The highest BCUT2D eigenvalue weighted by Gasteiger charge is 2.12. The van der Waals surface area contributed by atoms with Crippen LogP contribution in [0.1, 0.15) is 11.1 Å². The van der Waals surface area contributed by atoms with E-state index in [2.05, 4.69) is 5.16 Å². The molecule has 0 unspecified atom stereocenters. The first-order chi connectivity index (χ1) is 9.61. The van der Waals surface area contributed by atoms with Gasteiger partial charge in [-0.1, -0.05) is 35.5 Å². The molecule has 0 bridgehead atoms. The Kier molecular flexibility index (Phi) is 4.20. The van der Waals surface area contributed by atoms with Crippen LogP contribution in [0.25, 0.3) is 0 Å². The van der Waals surface area contributed by atoms with Crippen molar-refractivity contribution in [2.24, 2.45) is 10.9 Å². The summed E-state index contributed by atoms with van der Waals surface area (Å²) in [5, 5.41) is 11.7. The standard InChI is InChI=1S/C15H16FN3O/c1-19(10-11-5-3-2-4-6-11)14-8-7-12(16)9-13(14)15(17)18-20/h2-9,20H,10H2,1H3,(H2,17,18). The number of oxime groups is 1. The fraction of sp³-hybridized carbons (Fsp3) is 0.133. The molecule has 0 fully saturated rings. The van der Waals surface area contributed by atoms with Gasteiger partial charge in [0.15, 0.2) is 5.84 Å². The van der Waals surface area contributed by atoms with E-state index in [1.165, 1.54) is 12.1 Å². The van der Waals surface area contributed by atoms with E-state index >= 15 is 0 Å². The van der Waals surface area contributed by atoms with Crippen LogP contribution in [-0.2, 0) is 6.54 Å². The largest absolute Gasteiger partial charge is 0.409 e. The molecule has 0 heterocycles. The number of rotatable bonds is 4. The number of hydrogen-bond acceptors (Lipinski definition) is 3. The molecule has 20 heavy (non-hydrogen) atoms. The molecule has 0 aliphatic carbocycles. The van der Waals surface area contributed by atoms with Crippen LogP contribution in [-0.4, -0.2) is 18.1 Å². The van der Waals surface area contributed by atoms with Crippen molar-refractivity contribution in [2.75, 3.05) is 11.9 Å². The number of anilines is 1. The predicted octanol–water partition coefficient (Wildman–Crippen LogP) is 2.56. The lowest BCUT2D eigenvalue weighted by Gasteiger charge is -2.22. The highest BCUT2D eigenvalue weighted by atomic mass is 19.1. The molecule has 0 aliphatic heterocycles. The van der Waals surface area contributed by atoms with Crippen LogP contribution < -0.4 is 10.6 Å². The molecule has 0 aromatic heterocycles. The Hall–Kier alpha value is -2.56. The molecular weight excluding hydrogens is 257 g/mol. The van der Waals surface area contributed by atoms with E-state index in [9.17, 15) is 4.39 Å². The van der Waals surface area contributed by atoms with Crippen LogP contribution >= 0.6 is 0 Å². The van der Waals surface area contributed by atoms with Crippen molar-refractivity contribution in [1.82, 2.24) is 0 Å². The number of amidine groups is 1. The number of nitrogens with two attached hydrogens (primary N) is 1. The summed E-state index contributed by atoms with van der Waals surface area (Å²) in [6.07, 6.45) is 0. The van der Waals surface area contributed by atoms with Gasteiger partial charge in [-0.3, -0.25) is 0 Å². The highest BCUT2D eigenvalue weighted by Crippen LogP contribution is 2.22. The molecule has 2 aromatic rings. The summed E-state index contributed by atoms with van der Waals surface area (Å²) in [7, 11) is 1.87. The third kappa shape index (κ3) is 3.06. The summed E-state index contributed by atoms with van der Waals surface area (Å²) in [5.41, 5.74) is 7.78. The topological polar surface area (TPSA) is 61.8 Å². The third-order valence-corrected chi connectivity index (χ3v) is 3.02. The molecule has 2 aromatic carbocycles. The molecule has 0 aliphatic rings. The highest BCUT2D eigenvalue weighted by molar-refractivity contribution is 6.02. The zero-order valence-corrected chi connectivity index (χ0v) is 11.1. The quantitative estimate of drug-likeness (QED) is 0.389. The molecule has 3 N–H and O–H groups in total. The van der Waals surface area contributed by atoms with Gasteiger partial charge < -0.3 is 15.8 Å². The average molecular weight is 273 g/mol. The maximum atomic E-state index is 13.3. The Morgan fingerprint density at radius 1 is 1.25 bits per heavy atom. The molecular formula is C15H16FN3O. The van der Waals surface area contributed by atoms with Crippen molar-refractivity contribution in [3.8, 4) is 0 Å². The smallest absolute Gasteiger partial charge is 0.172 e. The van der Waals surface area contributed by atoms with Crippen molar-refractivity contribution in [2.45, 2.75) is 6.54 Å². The Bertz CT molecular complexity index is 614. The van der Waals surface area contributed by atoms with E-state index < -0.39 is 5.82 Å². The van der Waals surface area contributed by atoms with Crippen LogP contribution in [0, 0.1) is 5.82 Å². The fourth-order valence-electron chi connectivity index (χ4n) is 2.04. The monoisotopic (exact) mass is 273 g/mol. The summed E-state index contributed by atoms with van der Waals surface area (Å²) in [5.74, 6) is -0.539. The third-order valence-electron chi connectivity index (χ3n) is 3.02. The summed E-state index contributed by atoms with van der Waals surface area (Å²) in [6, 6.07) is 14.1. The minimum absolute atomic E-state index is 0.112. The molecule has 0 saturated carbocycles. The molecule has 0 atom stereocenters. The van der Waals surface area contributed by atoms with E-state index in [0.717, 1.165) is 5.56 Å². The first-order valence-corrected chi connectivity index (χ1v) is 6.14. The van der Waals surface area contributed by atoms with Crippen LogP contribution in [0.15, 0.2) is 53.7 Å². The first kappa shape index (κ1) is 13.9. The van der Waals surface area contributed by atoms with E-state index in [1.807, 2.05) is 42.3 Å². The van der Waals surface area contributed by atoms with Crippen LogP contribution in [0.5, 0.6) is 0 Å². The van der Waals surface area contributed by atoms with Gasteiger partial charge in [0.2, 0.25) is 0 Å². The van der Waals surface area contributed by atoms with Crippen molar-refractivity contribution < 1.29 is 9.60 Å². The second-order valence-electron chi connectivity index (χ2n) is 4.49. The lowest BCUT2D eigenvalue weighted by molar-refractivity contribution is 0.318. The zero-order valence-electron chi connectivity index (χ0n) is 11.1. The van der Waals surface area contributed by atoms with Crippen LogP contribution in [0.3, 0.4) is 0 Å². The summed E-state index contributed by atoms with van der Waals surface area (Å²) in [6.45, 7) is 0.637. The Balaban J connectivity index is 2.32. The average Bonchev–Trinajstić information content (AvgIpc) is 2.47. The zero-order chi connectivity index (χ0) is 14.5. The van der Waals surface area contributed by atoms with Gasteiger partial charge in [-0.15, -0.1) is 0 Å². The molecule has 0 spiro atoms. The van der Waals surface area contributed by atoms with Gasteiger partial charge in [-0.05, 0) is 23.8 Å². The van der Waals surface area contributed by atoms with Crippen molar-refractivity contribution in [3.05, 3.63) is 65.5 Å². The molecule has 2 rings (SSSR count).